The van der Waals surface area contributed by atoms with E-state index in [1.807, 2.05) is 18.2 Å². The number of benzene rings is 1. The molecule has 1 atom stereocenters. The van der Waals surface area contributed by atoms with E-state index in [-0.39, 0.29) is 6.04 Å². The van der Waals surface area contributed by atoms with E-state index in [0.29, 0.717) is 6.61 Å². The number of rotatable bonds is 3. The van der Waals surface area contributed by atoms with Crippen molar-refractivity contribution in [2.45, 2.75) is 6.04 Å². The van der Waals surface area contributed by atoms with Crippen molar-refractivity contribution in [3.63, 3.8) is 0 Å². The highest BCUT2D eigenvalue weighted by atomic mass is 79.9. The predicted molar refractivity (Wildman–Crippen MR) is 60.6 cm³/mol. The summed E-state index contributed by atoms with van der Waals surface area (Å²) in [4.78, 5) is 0. The normalized spacial score (nSPS) is 12.9. The third-order valence-corrected chi connectivity index (χ3v) is 3.81. The lowest BCUT2D eigenvalue weighted by Crippen LogP contribution is -2.16. The highest BCUT2D eigenvalue weighted by molar-refractivity contribution is 9.13. The number of hydrogen-bond donors (Lipinski definition) is 1. The molecule has 0 radical (unpaired) electrons. The summed E-state index contributed by atoms with van der Waals surface area (Å²) in [6.07, 6.45) is 0. The highest BCUT2D eigenvalue weighted by Crippen LogP contribution is 2.29. The van der Waals surface area contributed by atoms with Crippen LogP contribution in [0.3, 0.4) is 0 Å². The molecule has 0 aliphatic rings. The van der Waals surface area contributed by atoms with Crippen molar-refractivity contribution < 1.29 is 4.74 Å². The first-order valence-electron chi connectivity index (χ1n) is 3.85. The minimum absolute atomic E-state index is 0.0862. The van der Waals surface area contributed by atoms with E-state index in [9.17, 15) is 0 Å². The molecule has 0 amide bonds. The summed E-state index contributed by atoms with van der Waals surface area (Å²) in [7, 11) is 1.64. The maximum atomic E-state index is 5.90. The Morgan fingerprint density at radius 2 is 2.15 bits per heavy atom. The molecule has 1 aromatic carbocycles. The minimum atomic E-state index is -0.0862. The van der Waals surface area contributed by atoms with Gasteiger partial charge in [-0.25, -0.2) is 0 Å². The van der Waals surface area contributed by atoms with Crippen LogP contribution in [0.15, 0.2) is 27.1 Å². The van der Waals surface area contributed by atoms with Crippen molar-refractivity contribution >= 4 is 31.9 Å². The van der Waals surface area contributed by atoms with Gasteiger partial charge in [0.25, 0.3) is 0 Å². The van der Waals surface area contributed by atoms with Crippen LogP contribution in [0.5, 0.6) is 0 Å². The van der Waals surface area contributed by atoms with E-state index < -0.39 is 0 Å². The molecule has 0 aliphatic heterocycles. The van der Waals surface area contributed by atoms with Crippen LogP contribution in [0.25, 0.3) is 0 Å². The average molecular weight is 309 g/mol. The first-order valence-corrected chi connectivity index (χ1v) is 5.44. The Morgan fingerprint density at radius 3 is 2.77 bits per heavy atom. The van der Waals surface area contributed by atoms with Gasteiger partial charge < -0.3 is 10.5 Å². The predicted octanol–water partition coefficient (Wildman–Crippen LogP) is 2.86. The van der Waals surface area contributed by atoms with Crippen LogP contribution in [0.4, 0.5) is 0 Å². The summed E-state index contributed by atoms with van der Waals surface area (Å²) in [6.45, 7) is 0.523. The van der Waals surface area contributed by atoms with Crippen molar-refractivity contribution in [2.75, 3.05) is 13.7 Å². The van der Waals surface area contributed by atoms with Crippen LogP contribution >= 0.6 is 31.9 Å². The van der Waals surface area contributed by atoms with Crippen LogP contribution in [0.2, 0.25) is 0 Å². The topological polar surface area (TPSA) is 35.2 Å². The van der Waals surface area contributed by atoms with Crippen LogP contribution in [-0.4, -0.2) is 13.7 Å². The molecule has 2 nitrogen and oxygen atoms in total. The third kappa shape index (κ3) is 2.77. The summed E-state index contributed by atoms with van der Waals surface area (Å²) in [6, 6.07) is 5.82. The lowest BCUT2D eigenvalue weighted by Gasteiger charge is -2.13. The second-order valence-electron chi connectivity index (χ2n) is 2.70. The molecule has 0 spiro atoms. The van der Waals surface area contributed by atoms with Gasteiger partial charge in [0.1, 0.15) is 0 Å². The highest BCUT2D eigenvalue weighted by Gasteiger charge is 2.10. The molecule has 0 unspecified atom stereocenters. The molecule has 2 N–H and O–H groups in total. The summed E-state index contributed by atoms with van der Waals surface area (Å²) in [5, 5.41) is 0. The second-order valence-corrected chi connectivity index (χ2v) is 4.35. The Hall–Kier alpha value is 0.1000. The Kier molecular flexibility index (Phi) is 4.38. The van der Waals surface area contributed by atoms with E-state index in [1.165, 1.54) is 0 Å². The number of methoxy groups -OCH3 is 1. The minimum Gasteiger partial charge on any atom is -0.383 e. The van der Waals surface area contributed by atoms with Gasteiger partial charge in [-0.15, -0.1) is 0 Å². The van der Waals surface area contributed by atoms with Crippen LogP contribution < -0.4 is 5.73 Å². The lowest BCUT2D eigenvalue weighted by atomic mass is 10.1. The quantitative estimate of drug-likeness (QED) is 0.932. The van der Waals surface area contributed by atoms with Gasteiger partial charge in [-0.1, -0.05) is 12.1 Å². The molecule has 72 valence electrons. The molecule has 0 heterocycles. The van der Waals surface area contributed by atoms with Crippen molar-refractivity contribution in [3.8, 4) is 0 Å². The number of ether oxygens (including phenoxy) is 1. The smallest absolute Gasteiger partial charge is 0.0655 e. The van der Waals surface area contributed by atoms with Crippen LogP contribution in [0.1, 0.15) is 11.6 Å². The van der Waals surface area contributed by atoms with E-state index in [0.717, 1.165) is 14.5 Å². The van der Waals surface area contributed by atoms with Gasteiger partial charge in [0.2, 0.25) is 0 Å². The summed E-state index contributed by atoms with van der Waals surface area (Å²) in [5.74, 6) is 0. The van der Waals surface area contributed by atoms with E-state index in [2.05, 4.69) is 31.9 Å². The largest absolute Gasteiger partial charge is 0.383 e. The molecule has 0 fully saturated rings. The zero-order chi connectivity index (χ0) is 9.84. The first-order chi connectivity index (χ1) is 6.16. The fourth-order valence-electron chi connectivity index (χ4n) is 1.08. The zero-order valence-corrected chi connectivity index (χ0v) is 10.4. The van der Waals surface area contributed by atoms with Crippen molar-refractivity contribution in [2.24, 2.45) is 5.73 Å². The van der Waals surface area contributed by atoms with Gasteiger partial charge in [0.05, 0.1) is 12.6 Å². The van der Waals surface area contributed by atoms with Gasteiger partial charge in [-0.2, -0.15) is 0 Å². The van der Waals surface area contributed by atoms with E-state index in [1.54, 1.807) is 7.11 Å². The molecule has 13 heavy (non-hydrogen) atoms. The fourth-order valence-corrected chi connectivity index (χ4v) is 2.02. The maximum absolute atomic E-state index is 5.90. The lowest BCUT2D eigenvalue weighted by molar-refractivity contribution is 0.180. The second kappa shape index (κ2) is 5.10. The van der Waals surface area contributed by atoms with E-state index >= 15 is 0 Å². The Bertz CT molecular complexity index is 291. The third-order valence-electron chi connectivity index (χ3n) is 1.73. The van der Waals surface area contributed by atoms with Gasteiger partial charge in [-0.05, 0) is 43.5 Å². The maximum Gasteiger partial charge on any atom is 0.0655 e. The molecule has 0 saturated carbocycles. The molecule has 1 rings (SSSR count). The Labute approximate surface area is 94.7 Å². The molecule has 4 heteroatoms. The van der Waals surface area contributed by atoms with Crippen LogP contribution in [-0.2, 0) is 4.74 Å². The Morgan fingerprint density at radius 1 is 1.46 bits per heavy atom. The van der Waals surface area contributed by atoms with Crippen molar-refractivity contribution in [1.82, 2.24) is 0 Å². The molecule has 0 saturated heterocycles. The monoisotopic (exact) mass is 307 g/mol. The summed E-state index contributed by atoms with van der Waals surface area (Å²) >= 11 is 6.89. The molecule has 0 aliphatic carbocycles. The Balaban J connectivity index is 2.93. The van der Waals surface area contributed by atoms with Crippen LogP contribution in [0, 0.1) is 0 Å². The number of nitrogens with two attached hydrogens (primary N) is 1. The standard InChI is InChI=1S/C9H11Br2NO/c1-13-5-8(12)6-3-2-4-7(10)9(6)11/h2-4,8H,5,12H2,1H3/t8-/m0/s1. The van der Waals surface area contributed by atoms with Crippen molar-refractivity contribution in [1.29, 1.82) is 0 Å². The van der Waals surface area contributed by atoms with Gasteiger partial charge in [0, 0.05) is 16.1 Å². The van der Waals surface area contributed by atoms with Gasteiger partial charge in [0.15, 0.2) is 0 Å². The summed E-state index contributed by atoms with van der Waals surface area (Å²) < 4.78 is 7.00. The SMILES string of the molecule is COC[C@H](N)c1cccc(Br)c1Br. The molecular weight excluding hydrogens is 298 g/mol. The average Bonchev–Trinajstić information content (AvgIpc) is 2.10. The van der Waals surface area contributed by atoms with Gasteiger partial charge >= 0.3 is 0 Å². The molecule has 1 aromatic rings. The molecule has 0 bridgehead atoms. The zero-order valence-electron chi connectivity index (χ0n) is 7.26. The van der Waals surface area contributed by atoms with Gasteiger partial charge in [-0.3, -0.25) is 0 Å². The first kappa shape index (κ1) is 11.2. The summed E-state index contributed by atoms with van der Waals surface area (Å²) in [5.41, 5.74) is 6.95. The molecular formula is C9H11Br2NO. The number of hydrogen-bond acceptors (Lipinski definition) is 2. The fraction of sp³-hybridized carbons (Fsp3) is 0.333. The van der Waals surface area contributed by atoms with E-state index in [4.69, 9.17) is 10.5 Å². The number of halogens is 2. The van der Waals surface area contributed by atoms with Crippen molar-refractivity contribution in [3.05, 3.63) is 32.7 Å². The molecule has 0 aromatic heterocycles.